The highest BCUT2D eigenvalue weighted by atomic mass is 35.5. The summed E-state index contributed by atoms with van der Waals surface area (Å²) in [5.41, 5.74) is 0. The summed E-state index contributed by atoms with van der Waals surface area (Å²) in [5.74, 6) is 2.18. The van der Waals surface area contributed by atoms with Gasteiger partial charge in [-0.05, 0) is 43.8 Å². The minimum Gasteiger partial charge on any atom is -0.351 e. The van der Waals surface area contributed by atoms with Crippen LogP contribution in [0.2, 0.25) is 0 Å². The fourth-order valence-electron chi connectivity index (χ4n) is 4.31. The molecule has 2 aliphatic carbocycles. The Bertz CT molecular complexity index is 341. The minimum absolute atomic E-state index is 0. The number of rotatable bonds is 4. The topological polar surface area (TPSA) is 41.1 Å². The van der Waals surface area contributed by atoms with Gasteiger partial charge in [-0.25, -0.2) is 0 Å². The molecule has 1 amide bonds. The molecule has 0 spiro atoms. The second-order valence-electron chi connectivity index (χ2n) is 6.65. The summed E-state index contributed by atoms with van der Waals surface area (Å²) in [6.45, 7) is 2.21. The van der Waals surface area contributed by atoms with Crippen molar-refractivity contribution in [3.05, 3.63) is 0 Å². The maximum absolute atomic E-state index is 12.5. The highest BCUT2D eigenvalue weighted by Gasteiger charge is 2.39. The van der Waals surface area contributed by atoms with Crippen molar-refractivity contribution in [1.82, 2.24) is 10.6 Å². The quantitative estimate of drug-likeness (QED) is 0.831. The number of nitrogens with one attached hydrogen (secondary N) is 2. The van der Waals surface area contributed by atoms with Crippen molar-refractivity contribution in [1.29, 1.82) is 0 Å². The fraction of sp³-hybridized carbons (Fsp3) is 0.938. The van der Waals surface area contributed by atoms with Crippen LogP contribution in [-0.2, 0) is 4.79 Å². The minimum atomic E-state index is 0. The predicted octanol–water partition coefficient (Wildman–Crippen LogP) is 3.12. The van der Waals surface area contributed by atoms with E-state index < -0.39 is 0 Å². The van der Waals surface area contributed by atoms with Gasteiger partial charge in [-0.15, -0.1) is 12.4 Å². The molecular weight excluding hydrogens is 304 g/mol. The van der Waals surface area contributed by atoms with Crippen molar-refractivity contribution < 1.29 is 4.79 Å². The molecule has 2 saturated carbocycles. The maximum Gasteiger partial charge on any atom is 0.237 e. The van der Waals surface area contributed by atoms with E-state index in [1.165, 1.54) is 44.9 Å². The number of halogens is 1. The summed E-state index contributed by atoms with van der Waals surface area (Å²) >= 11 is 2.02. The molecule has 5 unspecified atom stereocenters. The zero-order valence-electron chi connectivity index (χ0n) is 13.0. The lowest BCUT2D eigenvalue weighted by Gasteiger charge is -2.24. The van der Waals surface area contributed by atoms with Crippen LogP contribution in [0.3, 0.4) is 0 Å². The molecule has 1 saturated heterocycles. The average Bonchev–Trinajstić information content (AvgIpc) is 3.06. The van der Waals surface area contributed by atoms with Gasteiger partial charge in [-0.2, -0.15) is 11.8 Å². The van der Waals surface area contributed by atoms with E-state index in [-0.39, 0.29) is 24.4 Å². The standard InChI is InChI=1S/C16H28N2OS.ClH/c1-2-20-15-9-5-8-13(15)18-16(19)14-10-11-6-3-4-7-12(11)17-14;/h11-15,17H,2-10H2,1H3,(H,18,19);1H. The Labute approximate surface area is 139 Å². The molecule has 0 aromatic carbocycles. The Morgan fingerprint density at radius 2 is 2.00 bits per heavy atom. The Morgan fingerprint density at radius 3 is 2.76 bits per heavy atom. The monoisotopic (exact) mass is 332 g/mol. The van der Waals surface area contributed by atoms with Gasteiger partial charge in [0.05, 0.1) is 6.04 Å². The van der Waals surface area contributed by atoms with Crippen LogP contribution in [0.1, 0.15) is 58.3 Å². The fourth-order valence-corrected chi connectivity index (χ4v) is 5.51. The normalized spacial score (nSPS) is 38.6. The van der Waals surface area contributed by atoms with E-state index in [9.17, 15) is 4.79 Å². The summed E-state index contributed by atoms with van der Waals surface area (Å²) in [5, 5.41) is 7.58. The van der Waals surface area contributed by atoms with Gasteiger partial charge in [0.25, 0.3) is 0 Å². The molecule has 21 heavy (non-hydrogen) atoms. The lowest BCUT2D eigenvalue weighted by Crippen LogP contribution is -2.48. The Balaban J connectivity index is 0.00000161. The molecule has 3 rings (SSSR count). The van der Waals surface area contributed by atoms with E-state index in [0.717, 1.165) is 18.1 Å². The smallest absolute Gasteiger partial charge is 0.237 e. The predicted molar refractivity (Wildman–Crippen MR) is 92.2 cm³/mol. The molecule has 0 aromatic rings. The van der Waals surface area contributed by atoms with Crippen molar-refractivity contribution in [2.75, 3.05) is 5.75 Å². The molecule has 0 radical (unpaired) electrons. The van der Waals surface area contributed by atoms with Crippen LogP contribution in [0.25, 0.3) is 0 Å². The molecule has 3 nitrogen and oxygen atoms in total. The molecule has 122 valence electrons. The molecule has 2 N–H and O–H groups in total. The van der Waals surface area contributed by atoms with E-state index in [1.807, 2.05) is 11.8 Å². The van der Waals surface area contributed by atoms with E-state index in [0.29, 0.717) is 17.3 Å². The third-order valence-electron chi connectivity index (χ3n) is 5.34. The van der Waals surface area contributed by atoms with Gasteiger partial charge >= 0.3 is 0 Å². The zero-order chi connectivity index (χ0) is 13.9. The molecule has 1 heterocycles. The van der Waals surface area contributed by atoms with Gasteiger partial charge in [-0.1, -0.05) is 26.2 Å². The summed E-state index contributed by atoms with van der Waals surface area (Å²) in [7, 11) is 0. The van der Waals surface area contributed by atoms with Gasteiger partial charge in [0, 0.05) is 17.3 Å². The zero-order valence-corrected chi connectivity index (χ0v) is 14.6. The number of hydrogen-bond donors (Lipinski definition) is 2. The van der Waals surface area contributed by atoms with E-state index in [4.69, 9.17) is 0 Å². The lowest BCUT2D eigenvalue weighted by atomic mass is 9.85. The van der Waals surface area contributed by atoms with Crippen LogP contribution in [0.5, 0.6) is 0 Å². The molecule has 1 aliphatic heterocycles. The highest BCUT2D eigenvalue weighted by molar-refractivity contribution is 7.99. The van der Waals surface area contributed by atoms with Crippen LogP contribution >= 0.6 is 24.2 Å². The Morgan fingerprint density at radius 1 is 1.19 bits per heavy atom. The number of carbonyl (C=O) groups excluding carboxylic acids is 1. The molecule has 3 aliphatic rings. The molecule has 0 aromatic heterocycles. The molecule has 5 atom stereocenters. The Kier molecular flexibility index (Phi) is 6.70. The third-order valence-corrected chi connectivity index (χ3v) is 6.67. The van der Waals surface area contributed by atoms with Gasteiger partial charge in [0.2, 0.25) is 5.91 Å². The SMILES string of the molecule is CCSC1CCCC1NC(=O)C1CC2CCCCC2N1.Cl. The van der Waals surface area contributed by atoms with Crippen LogP contribution in [0.15, 0.2) is 0 Å². The van der Waals surface area contributed by atoms with Crippen LogP contribution in [0, 0.1) is 5.92 Å². The maximum atomic E-state index is 12.5. The molecule has 0 bridgehead atoms. The summed E-state index contributed by atoms with van der Waals surface area (Å²) in [6, 6.07) is 1.11. The first kappa shape index (κ1) is 17.4. The average molecular weight is 333 g/mol. The first-order valence-electron chi connectivity index (χ1n) is 8.46. The third kappa shape index (κ3) is 4.08. The lowest BCUT2D eigenvalue weighted by molar-refractivity contribution is -0.123. The van der Waals surface area contributed by atoms with Crippen molar-refractivity contribution in [3.8, 4) is 0 Å². The summed E-state index contributed by atoms with van der Waals surface area (Å²) in [4.78, 5) is 12.5. The molecule has 5 heteroatoms. The van der Waals surface area contributed by atoms with Gasteiger partial charge in [-0.3, -0.25) is 4.79 Å². The first-order valence-corrected chi connectivity index (χ1v) is 9.51. The van der Waals surface area contributed by atoms with Crippen molar-refractivity contribution >= 4 is 30.1 Å². The Hall–Kier alpha value is 0.0700. The summed E-state index contributed by atoms with van der Waals surface area (Å²) in [6.07, 6.45) is 10.1. The van der Waals surface area contributed by atoms with E-state index in [1.54, 1.807) is 0 Å². The molecule has 3 fully saturated rings. The number of amides is 1. The highest BCUT2D eigenvalue weighted by Crippen LogP contribution is 2.34. The van der Waals surface area contributed by atoms with E-state index >= 15 is 0 Å². The first-order chi connectivity index (χ1) is 9.78. The van der Waals surface area contributed by atoms with Gasteiger partial charge in [0.15, 0.2) is 0 Å². The number of carbonyl (C=O) groups is 1. The van der Waals surface area contributed by atoms with Crippen molar-refractivity contribution in [3.63, 3.8) is 0 Å². The van der Waals surface area contributed by atoms with Crippen LogP contribution in [-0.4, -0.2) is 35.0 Å². The number of fused-ring (bicyclic) bond motifs is 1. The van der Waals surface area contributed by atoms with Crippen molar-refractivity contribution in [2.24, 2.45) is 5.92 Å². The van der Waals surface area contributed by atoms with Gasteiger partial charge < -0.3 is 10.6 Å². The largest absolute Gasteiger partial charge is 0.351 e. The van der Waals surface area contributed by atoms with Crippen LogP contribution in [0.4, 0.5) is 0 Å². The van der Waals surface area contributed by atoms with Crippen LogP contribution < -0.4 is 10.6 Å². The van der Waals surface area contributed by atoms with E-state index in [2.05, 4.69) is 17.6 Å². The number of hydrogen-bond acceptors (Lipinski definition) is 3. The second-order valence-corrected chi connectivity index (χ2v) is 8.16. The van der Waals surface area contributed by atoms with Gasteiger partial charge in [0.1, 0.15) is 0 Å². The molecular formula is C16H29ClN2OS. The number of thioether (sulfide) groups is 1. The summed E-state index contributed by atoms with van der Waals surface area (Å²) < 4.78 is 0. The van der Waals surface area contributed by atoms with Crippen molar-refractivity contribution in [2.45, 2.75) is 81.7 Å². The second kappa shape index (κ2) is 8.07.